The Morgan fingerprint density at radius 3 is 2.47 bits per heavy atom. The summed E-state index contributed by atoms with van der Waals surface area (Å²) in [5.41, 5.74) is 10.1. The van der Waals surface area contributed by atoms with Gasteiger partial charge < -0.3 is 5.73 Å². The Balaban J connectivity index is 2.33. The van der Waals surface area contributed by atoms with Crippen LogP contribution in [0.3, 0.4) is 0 Å². The van der Waals surface area contributed by atoms with E-state index in [1.807, 2.05) is 11.8 Å². The zero-order chi connectivity index (χ0) is 13.8. The van der Waals surface area contributed by atoms with Gasteiger partial charge in [0.05, 0.1) is 0 Å². The minimum atomic E-state index is 0.120. The Morgan fingerprint density at radius 2 is 1.79 bits per heavy atom. The van der Waals surface area contributed by atoms with Crippen LogP contribution in [0.15, 0.2) is 52.3 Å². The number of hydrogen-bond acceptors (Lipinski definition) is 2. The van der Waals surface area contributed by atoms with Gasteiger partial charge in [0.1, 0.15) is 0 Å². The van der Waals surface area contributed by atoms with Crippen LogP contribution in [-0.4, -0.2) is 0 Å². The molecule has 0 bridgehead atoms. The molecule has 0 aliphatic carbocycles. The molecule has 0 saturated heterocycles. The summed E-state index contributed by atoms with van der Waals surface area (Å²) in [5.74, 6) is 0. The molecule has 0 spiro atoms. The fraction of sp³-hybridized carbons (Fsp3) is 0.294. The second kappa shape index (κ2) is 6.27. The molecule has 2 aromatic carbocycles. The van der Waals surface area contributed by atoms with Gasteiger partial charge in [0.25, 0.3) is 0 Å². The van der Waals surface area contributed by atoms with E-state index in [-0.39, 0.29) is 6.04 Å². The minimum Gasteiger partial charge on any atom is -0.324 e. The molecule has 2 aromatic rings. The molecule has 100 valence electrons. The SMILES string of the molecule is CC[C@H](N)c1ccccc1Sc1ccc(C)cc1C. The molecule has 0 fully saturated rings. The van der Waals surface area contributed by atoms with Crippen LogP contribution in [0.5, 0.6) is 0 Å². The van der Waals surface area contributed by atoms with Crippen molar-refractivity contribution in [2.75, 3.05) is 0 Å². The van der Waals surface area contributed by atoms with Crippen LogP contribution in [-0.2, 0) is 0 Å². The van der Waals surface area contributed by atoms with Crippen molar-refractivity contribution < 1.29 is 0 Å². The van der Waals surface area contributed by atoms with Crippen LogP contribution < -0.4 is 5.73 Å². The third kappa shape index (κ3) is 3.40. The van der Waals surface area contributed by atoms with E-state index in [9.17, 15) is 0 Å². The molecule has 0 unspecified atom stereocenters. The first-order chi connectivity index (χ1) is 9.11. The highest BCUT2D eigenvalue weighted by atomic mass is 32.2. The number of nitrogens with two attached hydrogens (primary N) is 1. The summed E-state index contributed by atoms with van der Waals surface area (Å²) >= 11 is 1.81. The molecule has 0 amide bonds. The molecule has 0 aliphatic heterocycles. The van der Waals surface area contributed by atoms with Crippen molar-refractivity contribution in [2.45, 2.75) is 43.0 Å². The van der Waals surface area contributed by atoms with Gasteiger partial charge in [-0.1, -0.05) is 54.6 Å². The van der Waals surface area contributed by atoms with Crippen molar-refractivity contribution >= 4 is 11.8 Å². The summed E-state index contributed by atoms with van der Waals surface area (Å²) < 4.78 is 0. The highest BCUT2D eigenvalue weighted by Gasteiger charge is 2.10. The third-order valence-electron chi connectivity index (χ3n) is 3.31. The highest BCUT2D eigenvalue weighted by molar-refractivity contribution is 7.99. The Bertz CT molecular complexity index is 563. The lowest BCUT2D eigenvalue weighted by Crippen LogP contribution is -2.09. The number of rotatable bonds is 4. The van der Waals surface area contributed by atoms with Gasteiger partial charge in [0, 0.05) is 15.8 Å². The second-order valence-corrected chi connectivity index (χ2v) is 6.01. The lowest BCUT2D eigenvalue weighted by molar-refractivity contribution is 0.685. The summed E-state index contributed by atoms with van der Waals surface area (Å²) in [6.45, 7) is 6.42. The molecule has 0 aromatic heterocycles. The van der Waals surface area contributed by atoms with Crippen LogP contribution >= 0.6 is 11.8 Å². The van der Waals surface area contributed by atoms with Gasteiger partial charge in [0.2, 0.25) is 0 Å². The maximum Gasteiger partial charge on any atom is 0.0303 e. The van der Waals surface area contributed by atoms with Gasteiger partial charge in [-0.15, -0.1) is 0 Å². The summed E-state index contributed by atoms with van der Waals surface area (Å²) in [4.78, 5) is 2.57. The van der Waals surface area contributed by atoms with Crippen LogP contribution in [0.25, 0.3) is 0 Å². The molecule has 0 aliphatic rings. The normalized spacial score (nSPS) is 12.4. The first-order valence-electron chi connectivity index (χ1n) is 6.71. The quantitative estimate of drug-likeness (QED) is 0.859. The van der Waals surface area contributed by atoms with Crippen molar-refractivity contribution in [3.63, 3.8) is 0 Å². The monoisotopic (exact) mass is 271 g/mol. The van der Waals surface area contributed by atoms with Crippen LogP contribution in [0.2, 0.25) is 0 Å². The van der Waals surface area contributed by atoms with Gasteiger partial charge in [-0.25, -0.2) is 0 Å². The lowest BCUT2D eigenvalue weighted by Gasteiger charge is -2.15. The molecule has 19 heavy (non-hydrogen) atoms. The first kappa shape index (κ1) is 14.2. The van der Waals surface area contributed by atoms with Crippen LogP contribution in [0.1, 0.15) is 36.1 Å². The third-order valence-corrected chi connectivity index (χ3v) is 4.58. The van der Waals surface area contributed by atoms with E-state index in [0.29, 0.717) is 0 Å². The summed E-state index contributed by atoms with van der Waals surface area (Å²) in [6, 6.07) is 15.2. The number of aryl methyl sites for hydroxylation is 2. The van der Waals surface area contributed by atoms with Gasteiger partial charge in [0.15, 0.2) is 0 Å². The number of benzene rings is 2. The van der Waals surface area contributed by atoms with E-state index < -0.39 is 0 Å². The van der Waals surface area contributed by atoms with Crippen LogP contribution in [0, 0.1) is 13.8 Å². The van der Waals surface area contributed by atoms with Crippen molar-refractivity contribution in [3.8, 4) is 0 Å². The summed E-state index contributed by atoms with van der Waals surface area (Å²) in [5, 5.41) is 0. The van der Waals surface area contributed by atoms with E-state index in [4.69, 9.17) is 5.73 Å². The Labute approximate surface area is 120 Å². The van der Waals surface area contributed by atoms with E-state index in [1.165, 1.54) is 26.5 Å². The molecular weight excluding hydrogens is 250 g/mol. The van der Waals surface area contributed by atoms with Gasteiger partial charge in [-0.3, -0.25) is 0 Å². The maximum atomic E-state index is 6.20. The fourth-order valence-corrected chi connectivity index (χ4v) is 3.21. The Kier molecular flexibility index (Phi) is 4.67. The molecule has 1 atom stereocenters. The first-order valence-corrected chi connectivity index (χ1v) is 7.53. The Morgan fingerprint density at radius 1 is 1.05 bits per heavy atom. The molecule has 0 saturated carbocycles. The molecule has 0 radical (unpaired) electrons. The molecule has 2 rings (SSSR count). The largest absolute Gasteiger partial charge is 0.324 e. The van der Waals surface area contributed by atoms with Crippen molar-refractivity contribution in [3.05, 3.63) is 59.2 Å². The van der Waals surface area contributed by atoms with Crippen molar-refractivity contribution in [2.24, 2.45) is 5.73 Å². The number of hydrogen-bond donors (Lipinski definition) is 1. The predicted molar refractivity (Wildman–Crippen MR) is 83.7 cm³/mol. The van der Waals surface area contributed by atoms with Gasteiger partial charge in [-0.05, 0) is 43.5 Å². The topological polar surface area (TPSA) is 26.0 Å². The minimum absolute atomic E-state index is 0.120. The molecule has 0 heterocycles. The Hall–Kier alpha value is -1.25. The fourth-order valence-electron chi connectivity index (χ4n) is 2.13. The average Bonchev–Trinajstić information content (AvgIpc) is 2.41. The van der Waals surface area contributed by atoms with Gasteiger partial charge >= 0.3 is 0 Å². The highest BCUT2D eigenvalue weighted by Crippen LogP contribution is 2.35. The smallest absolute Gasteiger partial charge is 0.0303 e. The standard InChI is InChI=1S/C17H21NS/c1-4-15(18)14-7-5-6-8-17(14)19-16-10-9-12(2)11-13(16)3/h5-11,15H,4,18H2,1-3H3/t15-/m0/s1. The van der Waals surface area contributed by atoms with E-state index in [0.717, 1.165) is 6.42 Å². The zero-order valence-corrected chi connectivity index (χ0v) is 12.6. The summed E-state index contributed by atoms with van der Waals surface area (Å²) in [7, 11) is 0. The maximum absolute atomic E-state index is 6.20. The molecule has 2 N–H and O–H groups in total. The average molecular weight is 271 g/mol. The lowest BCUT2D eigenvalue weighted by atomic mass is 10.1. The van der Waals surface area contributed by atoms with Crippen molar-refractivity contribution in [1.29, 1.82) is 0 Å². The van der Waals surface area contributed by atoms with E-state index in [1.54, 1.807) is 0 Å². The van der Waals surface area contributed by atoms with Gasteiger partial charge in [-0.2, -0.15) is 0 Å². The van der Waals surface area contributed by atoms with E-state index >= 15 is 0 Å². The van der Waals surface area contributed by atoms with E-state index in [2.05, 4.69) is 63.2 Å². The predicted octanol–water partition coefficient (Wildman–Crippen LogP) is 4.86. The van der Waals surface area contributed by atoms with Crippen LogP contribution in [0.4, 0.5) is 0 Å². The van der Waals surface area contributed by atoms with Crippen molar-refractivity contribution in [1.82, 2.24) is 0 Å². The molecular formula is C17H21NS. The molecule has 2 heteroatoms. The summed E-state index contributed by atoms with van der Waals surface area (Å²) in [6.07, 6.45) is 0.963. The second-order valence-electron chi connectivity index (χ2n) is 4.92. The zero-order valence-electron chi connectivity index (χ0n) is 11.8. The molecule has 1 nitrogen and oxygen atoms in total.